The summed E-state index contributed by atoms with van der Waals surface area (Å²) in [5.41, 5.74) is 2.18. The van der Waals surface area contributed by atoms with E-state index in [1.165, 1.54) is 5.56 Å². The number of hydrogen-bond donors (Lipinski definition) is 1. The van der Waals surface area contributed by atoms with Crippen LogP contribution in [-0.2, 0) is 21.9 Å². The summed E-state index contributed by atoms with van der Waals surface area (Å²) in [6.45, 7) is 4.83. The van der Waals surface area contributed by atoms with Crippen molar-refractivity contribution >= 4 is 39.5 Å². The van der Waals surface area contributed by atoms with Gasteiger partial charge in [-0.2, -0.15) is 0 Å². The first-order valence-electron chi connectivity index (χ1n) is 9.44. The standard InChI is InChI=1S/C22H27BrN2O2S/c1-3-12-24-22(27)17(2)25(14-19-10-7-11-20(23)13-19)21(26)16-28-15-18-8-5-4-6-9-18/h4-11,13,17H,3,12,14-16H2,1-2H3,(H,24,27)/t17-/m1/s1. The van der Waals surface area contributed by atoms with Crippen LogP contribution in [0.2, 0.25) is 0 Å². The fourth-order valence-corrected chi connectivity index (χ4v) is 4.04. The van der Waals surface area contributed by atoms with Gasteiger partial charge < -0.3 is 10.2 Å². The van der Waals surface area contributed by atoms with Gasteiger partial charge in [-0.25, -0.2) is 0 Å². The van der Waals surface area contributed by atoms with E-state index in [1.54, 1.807) is 23.6 Å². The Morgan fingerprint density at radius 1 is 1.11 bits per heavy atom. The van der Waals surface area contributed by atoms with Crippen LogP contribution in [0.15, 0.2) is 59.1 Å². The van der Waals surface area contributed by atoms with Crippen molar-refractivity contribution in [3.63, 3.8) is 0 Å². The van der Waals surface area contributed by atoms with Gasteiger partial charge in [0, 0.05) is 23.3 Å². The highest BCUT2D eigenvalue weighted by Gasteiger charge is 2.25. The van der Waals surface area contributed by atoms with Gasteiger partial charge >= 0.3 is 0 Å². The first kappa shape index (κ1) is 22.5. The predicted octanol–water partition coefficient (Wildman–Crippen LogP) is 4.63. The van der Waals surface area contributed by atoms with Crippen LogP contribution in [-0.4, -0.2) is 35.1 Å². The molecule has 1 atom stereocenters. The normalized spacial score (nSPS) is 11.7. The number of nitrogens with one attached hydrogen (secondary N) is 1. The van der Waals surface area contributed by atoms with Crippen LogP contribution in [0.4, 0.5) is 0 Å². The van der Waals surface area contributed by atoms with Gasteiger partial charge in [-0.15, -0.1) is 11.8 Å². The average molecular weight is 463 g/mol. The summed E-state index contributed by atoms with van der Waals surface area (Å²) in [5, 5.41) is 2.90. The molecule has 6 heteroatoms. The predicted molar refractivity (Wildman–Crippen MR) is 120 cm³/mol. The lowest BCUT2D eigenvalue weighted by molar-refractivity contribution is -0.138. The van der Waals surface area contributed by atoms with Crippen LogP contribution >= 0.6 is 27.7 Å². The smallest absolute Gasteiger partial charge is 0.242 e. The number of nitrogens with zero attached hydrogens (tertiary/aromatic N) is 1. The number of benzene rings is 2. The number of thioether (sulfide) groups is 1. The van der Waals surface area contributed by atoms with E-state index in [9.17, 15) is 9.59 Å². The topological polar surface area (TPSA) is 49.4 Å². The molecule has 0 saturated carbocycles. The third-order valence-corrected chi connectivity index (χ3v) is 5.78. The first-order chi connectivity index (χ1) is 13.5. The number of rotatable bonds is 10. The Labute approximate surface area is 180 Å². The summed E-state index contributed by atoms with van der Waals surface area (Å²) in [7, 11) is 0. The van der Waals surface area contributed by atoms with Gasteiger partial charge in [0.15, 0.2) is 0 Å². The van der Waals surface area contributed by atoms with Crippen molar-refractivity contribution in [2.45, 2.75) is 38.6 Å². The molecule has 2 aromatic rings. The third kappa shape index (κ3) is 7.32. The fraction of sp³-hybridized carbons (Fsp3) is 0.364. The molecule has 0 heterocycles. The summed E-state index contributed by atoms with van der Waals surface area (Å²) in [6.07, 6.45) is 0.866. The number of hydrogen-bond acceptors (Lipinski definition) is 3. The van der Waals surface area contributed by atoms with Crippen LogP contribution in [0.5, 0.6) is 0 Å². The zero-order valence-electron chi connectivity index (χ0n) is 16.4. The van der Waals surface area contributed by atoms with Crippen LogP contribution < -0.4 is 5.32 Å². The van der Waals surface area contributed by atoms with Crippen LogP contribution in [0.3, 0.4) is 0 Å². The van der Waals surface area contributed by atoms with Gasteiger partial charge in [-0.05, 0) is 36.6 Å². The maximum absolute atomic E-state index is 13.0. The molecule has 2 rings (SSSR count). The Hall–Kier alpha value is -1.79. The Bertz CT molecular complexity index is 770. The van der Waals surface area contributed by atoms with Crippen LogP contribution in [0.25, 0.3) is 0 Å². The molecule has 28 heavy (non-hydrogen) atoms. The molecule has 150 valence electrons. The Balaban J connectivity index is 2.04. The number of halogens is 1. The van der Waals surface area contributed by atoms with Crippen LogP contribution in [0.1, 0.15) is 31.4 Å². The van der Waals surface area contributed by atoms with Crippen molar-refractivity contribution in [3.8, 4) is 0 Å². The van der Waals surface area contributed by atoms with Crippen molar-refractivity contribution in [1.29, 1.82) is 0 Å². The Morgan fingerprint density at radius 3 is 2.50 bits per heavy atom. The van der Waals surface area contributed by atoms with E-state index >= 15 is 0 Å². The minimum absolute atomic E-state index is 0.0277. The zero-order valence-corrected chi connectivity index (χ0v) is 18.8. The molecular weight excluding hydrogens is 436 g/mol. The van der Waals surface area contributed by atoms with Crippen LogP contribution in [0, 0.1) is 0 Å². The van der Waals surface area contributed by atoms with Crippen molar-refractivity contribution in [2.24, 2.45) is 0 Å². The minimum atomic E-state index is -0.518. The lowest BCUT2D eigenvalue weighted by atomic mass is 10.1. The van der Waals surface area contributed by atoms with E-state index in [0.717, 1.165) is 22.2 Å². The summed E-state index contributed by atoms with van der Waals surface area (Å²) < 4.78 is 0.957. The molecule has 0 aliphatic carbocycles. The average Bonchev–Trinajstić information content (AvgIpc) is 2.70. The third-order valence-electron chi connectivity index (χ3n) is 4.30. The maximum atomic E-state index is 13.0. The fourth-order valence-electron chi connectivity index (χ4n) is 2.72. The molecular formula is C22H27BrN2O2S. The largest absolute Gasteiger partial charge is 0.354 e. The summed E-state index contributed by atoms with van der Waals surface area (Å²) >= 11 is 5.04. The molecule has 0 unspecified atom stereocenters. The summed E-state index contributed by atoms with van der Waals surface area (Å²) in [4.78, 5) is 27.1. The molecule has 0 spiro atoms. The van der Waals surface area contributed by atoms with E-state index in [0.29, 0.717) is 18.8 Å². The molecule has 0 aliphatic rings. The quantitative estimate of drug-likeness (QED) is 0.559. The zero-order chi connectivity index (χ0) is 20.4. The van der Waals surface area contributed by atoms with E-state index in [2.05, 4.69) is 33.4 Å². The van der Waals surface area contributed by atoms with Crippen molar-refractivity contribution in [2.75, 3.05) is 12.3 Å². The SMILES string of the molecule is CCCNC(=O)[C@@H](C)N(Cc1cccc(Br)c1)C(=O)CSCc1ccccc1. The van der Waals surface area contributed by atoms with Gasteiger partial charge in [-0.1, -0.05) is 65.3 Å². The van der Waals surface area contributed by atoms with E-state index in [4.69, 9.17) is 0 Å². The second-order valence-electron chi connectivity index (χ2n) is 6.60. The lowest BCUT2D eigenvalue weighted by Crippen LogP contribution is -2.48. The van der Waals surface area contributed by atoms with Gasteiger partial charge in [0.1, 0.15) is 6.04 Å². The maximum Gasteiger partial charge on any atom is 0.242 e. The molecule has 0 saturated heterocycles. The van der Waals surface area contributed by atoms with E-state index in [-0.39, 0.29) is 11.8 Å². The van der Waals surface area contributed by atoms with Gasteiger partial charge in [0.05, 0.1) is 5.75 Å². The molecule has 0 aromatic heterocycles. The molecule has 2 aromatic carbocycles. The molecule has 0 aliphatic heterocycles. The lowest BCUT2D eigenvalue weighted by Gasteiger charge is -2.29. The number of carbonyl (C=O) groups excluding carboxylic acids is 2. The minimum Gasteiger partial charge on any atom is -0.354 e. The number of carbonyl (C=O) groups is 2. The monoisotopic (exact) mass is 462 g/mol. The summed E-state index contributed by atoms with van der Waals surface area (Å²) in [6, 6.07) is 17.4. The Morgan fingerprint density at radius 2 is 1.82 bits per heavy atom. The van der Waals surface area contributed by atoms with Crippen molar-refractivity contribution in [1.82, 2.24) is 10.2 Å². The van der Waals surface area contributed by atoms with Crippen molar-refractivity contribution in [3.05, 3.63) is 70.2 Å². The summed E-state index contributed by atoms with van der Waals surface area (Å²) in [5.74, 6) is 0.973. The highest BCUT2D eigenvalue weighted by Crippen LogP contribution is 2.18. The molecule has 0 bridgehead atoms. The first-order valence-corrected chi connectivity index (χ1v) is 11.4. The van der Waals surface area contributed by atoms with E-state index < -0.39 is 6.04 Å². The highest BCUT2D eigenvalue weighted by atomic mass is 79.9. The highest BCUT2D eigenvalue weighted by molar-refractivity contribution is 9.10. The van der Waals surface area contributed by atoms with Crippen molar-refractivity contribution < 1.29 is 9.59 Å². The van der Waals surface area contributed by atoms with Gasteiger partial charge in [-0.3, -0.25) is 9.59 Å². The molecule has 1 N–H and O–H groups in total. The van der Waals surface area contributed by atoms with E-state index in [1.807, 2.05) is 49.4 Å². The molecule has 0 fully saturated rings. The molecule has 4 nitrogen and oxygen atoms in total. The molecule has 2 amide bonds. The number of amides is 2. The second-order valence-corrected chi connectivity index (χ2v) is 8.50. The molecule has 0 radical (unpaired) electrons. The second kappa shape index (κ2) is 11.9. The van der Waals surface area contributed by atoms with Gasteiger partial charge in [0.25, 0.3) is 0 Å². The van der Waals surface area contributed by atoms with Gasteiger partial charge in [0.2, 0.25) is 11.8 Å². The Kier molecular flexibility index (Phi) is 9.58.